The number of rotatable bonds is 3. The maximum Gasteiger partial charge on any atom is -0.0288 e. The second-order valence-electron chi connectivity index (χ2n) is 4.13. The standard InChI is InChI=1S/C11H20.C2H6/c1-3-4-8-11(2)9-6-5-7-10-11;1-2/h5-6H,3-4,7-10H2,1-2H3;1-2H3. The number of hydrogen-bond acceptors (Lipinski definition) is 0. The van der Waals surface area contributed by atoms with Gasteiger partial charge in [-0.25, -0.2) is 0 Å². The van der Waals surface area contributed by atoms with E-state index in [-0.39, 0.29) is 0 Å². The lowest BCUT2D eigenvalue weighted by molar-refractivity contribution is 0.260. The van der Waals surface area contributed by atoms with Crippen molar-refractivity contribution >= 4 is 0 Å². The predicted molar refractivity (Wildman–Crippen MR) is 62.0 cm³/mol. The van der Waals surface area contributed by atoms with Gasteiger partial charge in [0.2, 0.25) is 0 Å². The number of unbranched alkanes of at least 4 members (excludes halogenated alkanes) is 1. The van der Waals surface area contributed by atoms with Crippen LogP contribution < -0.4 is 0 Å². The van der Waals surface area contributed by atoms with E-state index in [0.29, 0.717) is 5.41 Å². The maximum absolute atomic E-state index is 2.44. The van der Waals surface area contributed by atoms with Crippen molar-refractivity contribution in [2.45, 2.75) is 66.2 Å². The van der Waals surface area contributed by atoms with Crippen LogP contribution in [0.25, 0.3) is 0 Å². The molecule has 0 aromatic carbocycles. The third-order valence-corrected chi connectivity index (χ3v) is 2.83. The first-order valence-electron chi connectivity index (χ1n) is 5.92. The fourth-order valence-electron chi connectivity index (χ4n) is 1.85. The highest BCUT2D eigenvalue weighted by Gasteiger charge is 2.22. The molecule has 0 N–H and O–H groups in total. The Balaban J connectivity index is 0.000000671. The molecule has 1 atom stereocenters. The van der Waals surface area contributed by atoms with E-state index in [4.69, 9.17) is 0 Å². The maximum atomic E-state index is 2.44. The van der Waals surface area contributed by atoms with Gasteiger partial charge < -0.3 is 0 Å². The lowest BCUT2D eigenvalue weighted by Crippen LogP contribution is -2.17. The summed E-state index contributed by atoms with van der Waals surface area (Å²) >= 11 is 0. The Morgan fingerprint density at radius 2 is 1.92 bits per heavy atom. The zero-order valence-corrected chi connectivity index (χ0v) is 9.90. The molecule has 13 heavy (non-hydrogen) atoms. The fraction of sp³-hybridized carbons (Fsp3) is 0.846. The normalized spacial score (nSPS) is 26.5. The molecule has 0 saturated carbocycles. The molecule has 0 heteroatoms. The van der Waals surface area contributed by atoms with Gasteiger partial charge in [-0.1, -0.05) is 52.7 Å². The summed E-state index contributed by atoms with van der Waals surface area (Å²) in [5, 5.41) is 0. The molecule has 1 rings (SSSR count). The molecular formula is C13H26. The summed E-state index contributed by atoms with van der Waals surface area (Å²) in [6.07, 6.45) is 12.9. The summed E-state index contributed by atoms with van der Waals surface area (Å²) in [7, 11) is 0. The highest BCUT2D eigenvalue weighted by Crippen LogP contribution is 2.36. The van der Waals surface area contributed by atoms with E-state index < -0.39 is 0 Å². The van der Waals surface area contributed by atoms with Gasteiger partial charge in [0.15, 0.2) is 0 Å². The molecule has 0 radical (unpaired) electrons. The minimum atomic E-state index is 0.644. The van der Waals surface area contributed by atoms with Crippen molar-refractivity contribution < 1.29 is 0 Å². The van der Waals surface area contributed by atoms with Gasteiger partial charge in [-0.05, 0) is 31.1 Å². The van der Waals surface area contributed by atoms with Crippen LogP contribution in [-0.4, -0.2) is 0 Å². The van der Waals surface area contributed by atoms with Crippen molar-refractivity contribution in [3.05, 3.63) is 12.2 Å². The summed E-state index contributed by atoms with van der Waals surface area (Å²) in [6, 6.07) is 0. The summed E-state index contributed by atoms with van der Waals surface area (Å²) in [6.45, 7) is 8.72. The van der Waals surface area contributed by atoms with Crippen LogP contribution in [0.5, 0.6) is 0 Å². The highest BCUT2D eigenvalue weighted by molar-refractivity contribution is 4.95. The molecule has 1 aliphatic carbocycles. The molecule has 0 aromatic heterocycles. The molecule has 0 amide bonds. The largest absolute Gasteiger partial charge is 0.0885 e. The molecule has 0 heterocycles. The van der Waals surface area contributed by atoms with Gasteiger partial charge in [0.1, 0.15) is 0 Å². The van der Waals surface area contributed by atoms with E-state index in [1.165, 1.54) is 38.5 Å². The SMILES string of the molecule is CC.CCCCC1(C)CC=CCC1. The van der Waals surface area contributed by atoms with Gasteiger partial charge in [0, 0.05) is 0 Å². The van der Waals surface area contributed by atoms with Gasteiger partial charge in [-0.15, -0.1) is 0 Å². The fourth-order valence-corrected chi connectivity index (χ4v) is 1.85. The topological polar surface area (TPSA) is 0 Å². The molecule has 0 spiro atoms. The predicted octanol–water partition coefficient (Wildman–Crippen LogP) is 4.95. The Morgan fingerprint density at radius 1 is 1.23 bits per heavy atom. The average Bonchev–Trinajstić information content (AvgIpc) is 2.19. The average molecular weight is 182 g/mol. The minimum Gasteiger partial charge on any atom is -0.0885 e. The van der Waals surface area contributed by atoms with E-state index in [9.17, 15) is 0 Å². The van der Waals surface area contributed by atoms with Gasteiger partial charge >= 0.3 is 0 Å². The van der Waals surface area contributed by atoms with E-state index in [2.05, 4.69) is 26.0 Å². The summed E-state index contributed by atoms with van der Waals surface area (Å²) in [5.74, 6) is 0. The molecule has 1 aliphatic rings. The van der Waals surface area contributed by atoms with Gasteiger partial charge in [0.25, 0.3) is 0 Å². The van der Waals surface area contributed by atoms with E-state index in [1.54, 1.807) is 0 Å². The smallest absolute Gasteiger partial charge is 0.0288 e. The second kappa shape index (κ2) is 7.17. The zero-order chi connectivity index (χ0) is 10.2. The Morgan fingerprint density at radius 3 is 2.38 bits per heavy atom. The molecule has 0 aliphatic heterocycles. The lowest BCUT2D eigenvalue weighted by Gasteiger charge is -2.30. The number of allylic oxidation sites excluding steroid dienone is 2. The van der Waals surface area contributed by atoms with Crippen molar-refractivity contribution in [2.24, 2.45) is 5.41 Å². The monoisotopic (exact) mass is 182 g/mol. The second-order valence-corrected chi connectivity index (χ2v) is 4.13. The van der Waals surface area contributed by atoms with Crippen LogP contribution in [0.4, 0.5) is 0 Å². The van der Waals surface area contributed by atoms with Crippen molar-refractivity contribution in [1.29, 1.82) is 0 Å². The highest BCUT2D eigenvalue weighted by atomic mass is 14.3. The van der Waals surface area contributed by atoms with Crippen LogP contribution in [0.2, 0.25) is 0 Å². The van der Waals surface area contributed by atoms with Crippen molar-refractivity contribution in [2.75, 3.05) is 0 Å². The Labute approximate surface area is 84.4 Å². The van der Waals surface area contributed by atoms with Crippen molar-refractivity contribution in [3.63, 3.8) is 0 Å². The van der Waals surface area contributed by atoms with E-state index in [1.807, 2.05) is 13.8 Å². The first-order valence-corrected chi connectivity index (χ1v) is 5.92. The number of hydrogen-bond donors (Lipinski definition) is 0. The minimum absolute atomic E-state index is 0.644. The zero-order valence-electron chi connectivity index (χ0n) is 9.90. The van der Waals surface area contributed by atoms with Crippen LogP contribution in [0.1, 0.15) is 66.2 Å². The third kappa shape index (κ3) is 5.13. The molecular weight excluding hydrogens is 156 g/mol. The summed E-state index contributed by atoms with van der Waals surface area (Å²) in [5.41, 5.74) is 0.644. The van der Waals surface area contributed by atoms with Gasteiger partial charge in [-0.3, -0.25) is 0 Å². The summed E-state index contributed by atoms with van der Waals surface area (Å²) in [4.78, 5) is 0. The van der Waals surface area contributed by atoms with Crippen LogP contribution in [0.15, 0.2) is 12.2 Å². The van der Waals surface area contributed by atoms with E-state index in [0.717, 1.165) is 0 Å². The third-order valence-electron chi connectivity index (χ3n) is 2.83. The molecule has 1 unspecified atom stereocenters. The first kappa shape index (κ1) is 12.7. The Kier molecular flexibility index (Phi) is 7.03. The first-order chi connectivity index (χ1) is 6.27. The molecule has 0 nitrogen and oxygen atoms in total. The lowest BCUT2D eigenvalue weighted by atomic mass is 9.75. The van der Waals surface area contributed by atoms with Crippen molar-refractivity contribution in [1.82, 2.24) is 0 Å². The molecule has 78 valence electrons. The van der Waals surface area contributed by atoms with Crippen LogP contribution in [0.3, 0.4) is 0 Å². The van der Waals surface area contributed by atoms with Crippen LogP contribution in [0, 0.1) is 5.41 Å². The summed E-state index contributed by atoms with van der Waals surface area (Å²) < 4.78 is 0. The Bertz CT molecular complexity index is 135. The molecule has 0 aromatic rings. The quantitative estimate of drug-likeness (QED) is 0.542. The molecule has 0 bridgehead atoms. The van der Waals surface area contributed by atoms with E-state index >= 15 is 0 Å². The van der Waals surface area contributed by atoms with Gasteiger partial charge in [0.05, 0.1) is 0 Å². The van der Waals surface area contributed by atoms with Crippen LogP contribution >= 0.6 is 0 Å². The van der Waals surface area contributed by atoms with Crippen molar-refractivity contribution in [3.8, 4) is 0 Å². The molecule has 0 saturated heterocycles. The Hall–Kier alpha value is -0.260. The molecule has 0 fully saturated rings. The van der Waals surface area contributed by atoms with Crippen LogP contribution in [-0.2, 0) is 0 Å². The van der Waals surface area contributed by atoms with Gasteiger partial charge in [-0.2, -0.15) is 0 Å².